The van der Waals surface area contributed by atoms with Crippen molar-refractivity contribution in [2.75, 3.05) is 5.32 Å². The molecule has 0 spiro atoms. The Balaban J connectivity index is 2.02. The first-order valence-corrected chi connectivity index (χ1v) is 7.34. The first kappa shape index (κ1) is 15.6. The molecule has 1 aromatic carbocycles. The number of anilines is 1. The lowest BCUT2D eigenvalue weighted by molar-refractivity contribution is -0.645. The molecule has 1 amide bonds. The maximum absolute atomic E-state index is 13.0. The van der Waals surface area contributed by atoms with Crippen LogP contribution in [0.1, 0.15) is 6.92 Å². The molecule has 0 radical (unpaired) electrons. The van der Waals surface area contributed by atoms with E-state index in [0.29, 0.717) is 15.4 Å². The highest BCUT2D eigenvalue weighted by Crippen LogP contribution is 2.23. The molecule has 0 aliphatic rings. The molecule has 0 saturated heterocycles. The van der Waals surface area contributed by atoms with E-state index in [0.717, 1.165) is 11.8 Å². The Kier molecular flexibility index (Phi) is 5.03. The van der Waals surface area contributed by atoms with Crippen LogP contribution in [0.25, 0.3) is 0 Å². The van der Waals surface area contributed by atoms with Gasteiger partial charge in [0.1, 0.15) is 5.82 Å². The van der Waals surface area contributed by atoms with Crippen LogP contribution >= 0.6 is 23.4 Å². The van der Waals surface area contributed by atoms with Crippen molar-refractivity contribution in [3.63, 3.8) is 0 Å². The van der Waals surface area contributed by atoms with E-state index in [2.05, 4.69) is 5.32 Å². The minimum absolute atomic E-state index is 0.0615. The van der Waals surface area contributed by atoms with Gasteiger partial charge in [-0.25, -0.2) is 4.39 Å². The summed E-state index contributed by atoms with van der Waals surface area (Å²) in [5.74, 6) is -0.847. The zero-order valence-corrected chi connectivity index (χ0v) is 12.6. The van der Waals surface area contributed by atoms with E-state index in [1.165, 1.54) is 24.4 Å². The van der Waals surface area contributed by atoms with E-state index < -0.39 is 11.1 Å². The zero-order chi connectivity index (χ0) is 15.4. The Hall–Kier alpha value is -1.79. The van der Waals surface area contributed by atoms with E-state index in [1.807, 2.05) is 0 Å². The fraction of sp³-hybridized carbons (Fsp3) is 0.143. The van der Waals surface area contributed by atoms with Crippen LogP contribution in [0.3, 0.4) is 0 Å². The number of halogens is 2. The lowest BCUT2D eigenvalue weighted by Gasteiger charge is -2.11. The average Bonchev–Trinajstić information content (AvgIpc) is 2.45. The molecule has 4 nitrogen and oxygen atoms in total. The fourth-order valence-corrected chi connectivity index (χ4v) is 2.59. The van der Waals surface area contributed by atoms with Crippen LogP contribution in [0, 0.1) is 11.0 Å². The number of nitrogens with one attached hydrogen (secondary N) is 1. The largest absolute Gasteiger partial charge is 0.618 e. The fourth-order valence-electron chi connectivity index (χ4n) is 1.56. The molecule has 1 unspecified atom stereocenters. The maximum atomic E-state index is 13.0. The van der Waals surface area contributed by atoms with Gasteiger partial charge < -0.3 is 10.5 Å². The van der Waals surface area contributed by atoms with Crippen LogP contribution in [0.2, 0.25) is 5.02 Å². The van der Waals surface area contributed by atoms with Crippen molar-refractivity contribution in [2.24, 2.45) is 0 Å². The highest BCUT2D eigenvalue weighted by atomic mass is 35.5. The Bertz CT molecular complexity index is 669. The highest BCUT2D eigenvalue weighted by Gasteiger charge is 2.19. The summed E-state index contributed by atoms with van der Waals surface area (Å²) in [6.45, 7) is 1.68. The van der Waals surface area contributed by atoms with E-state index in [4.69, 9.17) is 11.6 Å². The van der Waals surface area contributed by atoms with Gasteiger partial charge in [0.05, 0.1) is 10.3 Å². The van der Waals surface area contributed by atoms with Crippen molar-refractivity contribution in [1.29, 1.82) is 0 Å². The number of hydrogen-bond acceptors (Lipinski definition) is 3. The summed E-state index contributed by atoms with van der Waals surface area (Å²) in [4.78, 5) is 12.0. The molecule has 0 aliphatic carbocycles. The van der Waals surface area contributed by atoms with Gasteiger partial charge in [-0.15, -0.1) is 0 Å². The van der Waals surface area contributed by atoms with Crippen LogP contribution in [-0.2, 0) is 4.79 Å². The number of hydrogen-bond donors (Lipinski definition) is 1. The van der Waals surface area contributed by atoms with Gasteiger partial charge >= 0.3 is 0 Å². The number of nitrogens with zero attached hydrogens (tertiary/aromatic N) is 1. The van der Waals surface area contributed by atoms with Crippen LogP contribution in [0.15, 0.2) is 47.6 Å². The van der Waals surface area contributed by atoms with Gasteiger partial charge in [-0.1, -0.05) is 11.6 Å². The van der Waals surface area contributed by atoms with Crippen molar-refractivity contribution in [3.05, 3.63) is 58.6 Å². The molecule has 21 heavy (non-hydrogen) atoms. The molecular formula is C14H12ClFN2O2S. The zero-order valence-electron chi connectivity index (χ0n) is 11.0. The molecule has 1 atom stereocenters. The Morgan fingerprint density at radius 1 is 1.43 bits per heavy atom. The molecule has 1 N–H and O–H groups in total. The molecule has 7 heteroatoms. The lowest BCUT2D eigenvalue weighted by Crippen LogP contribution is -2.30. The molecule has 0 saturated carbocycles. The number of benzene rings is 1. The third-order valence-electron chi connectivity index (χ3n) is 2.64. The number of aromatic nitrogens is 1. The predicted molar refractivity (Wildman–Crippen MR) is 80.8 cm³/mol. The van der Waals surface area contributed by atoms with Crippen LogP contribution < -0.4 is 10.0 Å². The molecule has 1 aromatic heterocycles. The van der Waals surface area contributed by atoms with E-state index in [-0.39, 0.29) is 10.9 Å². The summed E-state index contributed by atoms with van der Waals surface area (Å²) in [5.41, 5.74) is 0.405. The lowest BCUT2D eigenvalue weighted by atomic mass is 10.3. The van der Waals surface area contributed by atoms with E-state index >= 15 is 0 Å². The maximum Gasteiger partial charge on any atom is 0.252 e. The number of carbonyl (C=O) groups excluding carboxylic acids is 1. The van der Waals surface area contributed by atoms with E-state index in [9.17, 15) is 14.4 Å². The topological polar surface area (TPSA) is 56.0 Å². The first-order chi connectivity index (χ1) is 9.97. The van der Waals surface area contributed by atoms with Gasteiger partial charge in [0.15, 0.2) is 6.20 Å². The highest BCUT2D eigenvalue weighted by molar-refractivity contribution is 8.00. The third-order valence-corrected chi connectivity index (χ3v) is 4.06. The smallest absolute Gasteiger partial charge is 0.252 e. The summed E-state index contributed by atoms with van der Waals surface area (Å²) >= 11 is 6.79. The van der Waals surface area contributed by atoms with Gasteiger partial charge in [-0.05, 0) is 43.0 Å². The summed E-state index contributed by atoms with van der Waals surface area (Å²) in [7, 11) is 0. The SMILES string of the molecule is CC(Sc1cccc[n+]1[O-])C(=O)Nc1ccc(F)c(Cl)c1. The predicted octanol–water partition coefficient (Wildman–Crippen LogP) is 3.23. The van der Waals surface area contributed by atoms with Gasteiger partial charge in [-0.3, -0.25) is 4.79 Å². The molecular weight excluding hydrogens is 315 g/mol. The molecule has 1 heterocycles. The van der Waals surface area contributed by atoms with Crippen LogP contribution in [0.4, 0.5) is 10.1 Å². The van der Waals surface area contributed by atoms with Crippen LogP contribution in [-0.4, -0.2) is 11.2 Å². The van der Waals surface area contributed by atoms with Gasteiger partial charge in [0, 0.05) is 17.8 Å². The minimum atomic E-state index is -0.547. The Morgan fingerprint density at radius 2 is 2.19 bits per heavy atom. The van der Waals surface area contributed by atoms with Crippen LogP contribution in [0.5, 0.6) is 0 Å². The summed E-state index contributed by atoms with van der Waals surface area (Å²) in [5, 5.41) is 14.0. The molecule has 2 aromatic rings. The van der Waals surface area contributed by atoms with Crippen molar-refractivity contribution >= 4 is 35.0 Å². The van der Waals surface area contributed by atoms with Crippen molar-refractivity contribution in [1.82, 2.24) is 0 Å². The molecule has 0 bridgehead atoms. The second kappa shape index (κ2) is 6.78. The number of carbonyl (C=O) groups is 1. The second-order valence-electron chi connectivity index (χ2n) is 4.24. The average molecular weight is 327 g/mol. The number of amides is 1. The summed E-state index contributed by atoms with van der Waals surface area (Å²) in [6, 6.07) is 8.91. The Morgan fingerprint density at radius 3 is 2.86 bits per heavy atom. The number of pyridine rings is 1. The monoisotopic (exact) mass is 326 g/mol. The normalized spacial score (nSPS) is 12.0. The third kappa shape index (κ3) is 4.09. The number of rotatable bonds is 4. The second-order valence-corrected chi connectivity index (χ2v) is 6.01. The number of thioether (sulfide) groups is 1. The standard InChI is InChI=1S/C14H12ClFN2O2S/c1-9(21-13-4-2-3-7-18(13)20)14(19)17-10-5-6-12(16)11(15)8-10/h2-9H,1H3,(H,17,19). The van der Waals surface area contributed by atoms with E-state index in [1.54, 1.807) is 25.1 Å². The summed E-state index contributed by atoms with van der Waals surface area (Å²) < 4.78 is 13.7. The molecule has 0 fully saturated rings. The Labute approximate surface area is 130 Å². The van der Waals surface area contributed by atoms with Gasteiger partial charge in [0.25, 0.3) is 5.03 Å². The van der Waals surface area contributed by atoms with Crippen molar-refractivity contribution in [3.8, 4) is 0 Å². The van der Waals surface area contributed by atoms with Crippen molar-refractivity contribution in [2.45, 2.75) is 17.2 Å². The quantitative estimate of drug-likeness (QED) is 0.533. The molecule has 110 valence electrons. The molecule has 2 rings (SSSR count). The van der Waals surface area contributed by atoms with Gasteiger partial charge in [0.2, 0.25) is 5.91 Å². The summed E-state index contributed by atoms with van der Waals surface area (Å²) in [6.07, 6.45) is 1.37. The minimum Gasteiger partial charge on any atom is -0.618 e. The van der Waals surface area contributed by atoms with Gasteiger partial charge in [-0.2, -0.15) is 4.73 Å². The van der Waals surface area contributed by atoms with Crippen molar-refractivity contribution < 1.29 is 13.9 Å². The molecule has 0 aliphatic heterocycles. The first-order valence-electron chi connectivity index (χ1n) is 6.08.